The molecule has 0 amide bonds. The number of sulfonamides is 1. The Bertz CT molecular complexity index is 771. The van der Waals surface area contributed by atoms with E-state index in [1.54, 1.807) is 28.6 Å². The quantitative estimate of drug-likeness (QED) is 0.868. The summed E-state index contributed by atoms with van der Waals surface area (Å²) in [5.74, 6) is 0.416. The van der Waals surface area contributed by atoms with E-state index in [0.717, 1.165) is 23.6 Å². The Kier molecular flexibility index (Phi) is 3.63. The van der Waals surface area contributed by atoms with Crippen molar-refractivity contribution in [2.45, 2.75) is 24.7 Å². The number of nitrogens with two attached hydrogens (primary N) is 1. The molecule has 0 aliphatic carbocycles. The fraction of sp³-hybridized carbons (Fsp3) is 0.375. The molecule has 1 heterocycles. The van der Waals surface area contributed by atoms with Crippen molar-refractivity contribution in [1.29, 1.82) is 0 Å². The Balaban J connectivity index is 2.10. The van der Waals surface area contributed by atoms with Crippen LogP contribution in [0.4, 0.5) is 5.69 Å². The highest BCUT2D eigenvalue weighted by Crippen LogP contribution is 2.29. The number of anilines is 1. The molecule has 5 heteroatoms. The van der Waals surface area contributed by atoms with Crippen LogP contribution in [0, 0.1) is 5.92 Å². The molecule has 0 aromatic heterocycles. The average Bonchev–Trinajstić information content (AvgIpc) is 2.46. The molecule has 112 valence electrons. The van der Waals surface area contributed by atoms with E-state index in [1.165, 1.54) is 0 Å². The minimum atomic E-state index is -3.44. The van der Waals surface area contributed by atoms with Crippen molar-refractivity contribution in [3.8, 4) is 0 Å². The second-order valence-corrected chi connectivity index (χ2v) is 7.75. The third-order valence-corrected chi connectivity index (χ3v) is 6.03. The predicted octanol–water partition coefficient (Wildman–Crippen LogP) is 2.84. The summed E-state index contributed by atoms with van der Waals surface area (Å²) >= 11 is 0. The van der Waals surface area contributed by atoms with Crippen LogP contribution in [0.25, 0.3) is 10.8 Å². The molecule has 2 aromatic rings. The van der Waals surface area contributed by atoms with Crippen LogP contribution in [0.1, 0.15) is 19.8 Å². The maximum atomic E-state index is 12.9. The first kappa shape index (κ1) is 14.4. The van der Waals surface area contributed by atoms with Crippen molar-refractivity contribution in [2.75, 3.05) is 18.8 Å². The van der Waals surface area contributed by atoms with Gasteiger partial charge in [-0.25, -0.2) is 8.42 Å². The minimum Gasteiger partial charge on any atom is -0.399 e. The fourth-order valence-corrected chi connectivity index (χ4v) is 4.81. The summed E-state index contributed by atoms with van der Waals surface area (Å²) in [7, 11) is -3.44. The summed E-state index contributed by atoms with van der Waals surface area (Å²) in [6.45, 7) is 3.32. The SMILES string of the molecule is CC1CCCN(S(=O)(=O)c2cccc3cc(N)ccc23)C1. The summed E-state index contributed by atoms with van der Waals surface area (Å²) in [6.07, 6.45) is 2.02. The first-order chi connectivity index (χ1) is 9.98. The van der Waals surface area contributed by atoms with Crippen molar-refractivity contribution >= 4 is 26.5 Å². The molecule has 3 rings (SSSR count). The zero-order valence-electron chi connectivity index (χ0n) is 12.1. The summed E-state index contributed by atoms with van der Waals surface area (Å²) in [4.78, 5) is 0.383. The Hall–Kier alpha value is -1.59. The lowest BCUT2D eigenvalue weighted by molar-refractivity contribution is 0.281. The van der Waals surface area contributed by atoms with E-state index < -0.39 is 10.0 Å². The van der Waals surface area contributed by atoms with Gasteiger partial charge >= 0.3 is 0 Å². The molecule has 1 unspecified atom stereocenters. The van der Waals surface area contributed by atoms with Crippen LogP contribution in [-0.4, -0.2) is 25.8 Å². The minimum absolute atomic E-state index is 0.383. The number of benzene rings is 2. The maximum Gasteiger partial charge on any atom is 0.243 e. The highest BCUT2D eigenvalue weighted by molar-refractivity contribution is 7.89. The third kappa shape index (κ3) is 2.63. The van der Waals surface area contributed by atoms with Gasteiger partial charge in [-0.3, -0.25) is 0 Å². The molecule has 4 nitrogen and oxygen atoms in total. The molecule has 0 radical (unpaired) electrons. The van der Waals surface area contributed by atoms with Crippen LogP contribution in [0.5, 0.6) is 0 Å². The molecule has 21 heavy (non-hydrogen) atoms. The number of fused-ring (bicyclic) bond motifs is 1. The Morgan fingerprint density at radius 2 is 2.05 bits per heavy atom. The van der Waals surface area contributed by atoms with Crippen LogP contribution in [0.3, 0.4) is 0 Å². The summed E-state index contributed by atoms with van der Waals surface area (Å²) < 4.78 is 27.5. The summed E-state index contributed by atoms with van der Waals surface area (Å²) in [6, 6.07) is 10.7. The first-order valence-electron chi connectivity index (χ1n) is 7.27. The van der Waals surface area contributed by atoms with Gasteiger partial charge in [0.1, 0.15) is 0 Å². The monoisotopic (exact) mass is 304 g/mol. The van der Waals surface area contributed by atoms with E-state index in [0.29, 0.717) is 29.6 Å². The normalized spacial score (nSPS) is 20.7. The van der Waals surface area contributed by atoms with Gasteiger partial charge in [0.2, 0.25) is 10.0 Å². The van der Waals surface area contributed by atoms with Crippen molar-refractivity contribution in [2.24, 2.45) is 5.92 Å². The molecule has 2 aromatic carbocycles. The van der Waals surface area contributed by atoms with Crippen LogP contribution in [0.2, 0.25) is 0 Å². The number of nitrogens with zero attached hydrogens (tertiary/aromatic N) is 1. The van der Waals surface area contributed by atoms with Gasteiger partial charge in [-0.05, 0) is 42.3 Å². The molecule has 1 aliphatic heterocycles. The Morgan fingerprint density at radius 3 is 2.81 bits per heavy atom. The molecule has 1 atom stereocenters. The largest absolute Gasteiger partial charge is 0.399 e. The maximum absolute atomic E-state index is 12.9. The molecule has 1 saturated heterocycles. The van der Waals surface area contributed by atoms with Gasteiger partial charge in [-0.2, -0.15) is 4.31 Å². The summed E-state index contributed by atoms with van der Waals surface area (Å²) in [5, 5.41) is 1.60. The smallest absolute Gasteiger partial charge is 0.243 e. The zero-order chi connectivity index (χ0) is 15.0. The lowest BCUT2D eigenvalue weighted by Crippen LogP contribution is -2.39. The topological polar surface area (TPSA) is 63.4 Å². The molecular weight excluding hydrogens is 284 g/mol. The van der Waals surface area contributed by atoms with Gasteiger partial charge < -0.3 is 5.73 Å². The van der Waals surface area contributed by atoms with Crippen LogP contribution >= 0.6 is 0 Å². The predicted molar refractivity (Wildman–Crippen MR) is 85.5 cm³/mol. The molecular formula is C16H20N2O2S. The number of nitrogen functional groups attached to an aromatic ring is 1. The van der Waals surface area contributed by atoms with Gasteiger partial charge in [0.25, 0.3) is 0 Å². The van der Waals surface area contributed by atoms with Crippen molar-refractivity contribution < 1.29 is 8.42 Å². The standard InChI is InChI=1S/C16H20N2O2S/c1-12-4-3-9-18(11-12)21(19,20)16-6-2-5-13-10-14(17)7-8-15(13)16/h2,5-8,10,12H,3-4,9,11,17H2,1H3. The van der Waals surface area contributed by atoms with Crippen molar-refractivity contribution in [3.63, 3.8) is 0 Å². The molecule has 1 fully saturated rings. The number of hydrogen-bond acceptors (Lipinski definition) is 3. The molecule has 0 spiro atoms. The molecule has 2 N–H and O–H groups in total. The molecule has 1 aliphatic rings. The van der Waals surface area contributed by atoms with Crippen molar-refractivity contribution in [1.82, 2.24) is 4.31 Å². The fourth-order valence-electron chi connectivity index (χ4n) is 3.00. The van der Waals surface area contributed by atoms with Gasteiger partial charge in [-0.1, -0.05) is 25.1 Å². The summed E-state index contributed by atoms with van der Waals surface area (Å²) in [5.41, 5.74) is 6.43. The van der Waals surface area contributed by atoms with E-state index in [2.05, 4.69) is 6.92 Å². The van der Waals surface area contributed by atoms with Gasteiger partial charge in [0.05, 0.1) is 4.90 Å². The van der Waals surface area contributed by atoms with Gasteiger partial charge in [0, 0.05) is 24.2 Å². The van der Waals surface area contributed by atoms with E-state index in [4.69, 9.17) is 5.73 Å². The molecule has 0 saturated carbocycles. The number of hydrogen-bond donors (Lipinski definition) is 1. The molecule has 0 bridgehead atoms. The highest BCUT2D eigenvalue weighted by Gasteiger charge is 2.29. The van der Waals surface area contributed by atoms with Crippen LogP contribution < -0.4 is 5.73 Å². The number of piperidine rings is 1. The van der Waals surface area contributed by atoms with Crippen LogP contribution in [0.15, 0.2) is 41.3 Å². The second-order valence-electron chi connectivity index (χ2n) is 5.85. The van der Waals surface area contributed by atoms with Gasteiger partial charge in [0.15, 0.2) is 0 Å². The van der Waals surface area contributed by atoms with E-state index in [-0.39, 0.29) is 0 Å². The van der Waals surface area contributed by atoms with Crippen LogP contribution in [-0.2, 0) is 10.0 Å². The third-order valence-electron chi connectivity index (χ3n) is 4.10. The second kappa shape index (κ2) is 5.31. The highest BCUT2D eigenvalue weighted by atomic mass is 32.2. The Labute approximate surface area is 125 Å². The average molecular weight is 304 g/mol. The van der Waals surface area contributed by atoms with Gasteiger partial charge in [-0.15, -0.1) is 0 Å². The van der Waals surface area contributed by atoms with E-state index >= 15 is 0 Å². The van der Waals surface area contributed by atoms with E-state index in [1.807, 2.05) is 12.1 Å². The zero-order valence-corrected chi connectivity index (χ0v) is 12.9. The lowest BCUT2D eigenvalue weighted by atomic mass is 10.0. The van der Waals surface area contributed by atoms with E-state index in [9.17, 15) is 8.42 Å². The number of rotatable bonds is 2. The van der Waals surface area contributed by atoms with Crippen molar-refractivity contribution in [3.05, 3.63) is 36.4 Å². The lowest BCUT2D eigenvalue weighted by Gasteiger charge is -2.30. The first-order valence-corrected chi connectivity index (χ1v) is 8.71. The Morgan fingerprint density at radius 1 is 1.24 bits per heavy atom.